The molecule has 8 spiro atoms. The first-order valence-electron chi connectivity index (χ1n) is 44.6. The maximum Gasteiger partial charge on any atom is 0.260 e. The molecule has 2 aliphatic carbocycles. The number of aliphatic hydroxyl groups excluding tert-OH is 8. The maximum atomic E-state index is 13.0. The molecule has 13 aliphatic rings. The van der Waals surface area contributed by atoms with Crippen LogP contribution in [0, 0.1) is 39.9 Å². The molecule has 0 aromatic carbocycles. The first-order chi connectivity index (χ1) is 62.1. The largest absolute Gasteiger partial charge is 0.391 e. The van der Waals surface area contributed by atoms with Crippen LogP contribution in [0.4, 0.5) is 0 Å². The SMILES string of the molecule is CC(=O)[C@H]([C@@H](C)O)N1C(=O)C2(CC3(CN([C@H](C(N)=O)[C@@H](C)O)C3=O)CN2C)C1=O.CC(=O)[C@H]([C@@H](C)O)N1C(=O)C2(CC3(CN([C@H](C(N)=O)[C@@H](C)O)C3=O)CN2C)C1=O.CC(=O)[C@H]([C@@H](C)O)N1C(=O)C2(CC3(CN([C@H](C(N)=O)[C@@H](C)O)C3=O)CN2C)C1=O.CC(C)C(=O)N1CC(C(=O)N[C@H](C(N)=O)[C@@H](C)O)CC12CCC2=O.CC(C)C(=O)N1CC(C(=O)N[C@H](C(N)=O)[C@@H](C)O)CC12CCC2=O. The minimum atomic E-state index is -1.57. The van der Waals surface area contributed by atoms with E-state index in [1.165, 1.54) is 115 Å². The summed E-state index contributed by atoms with van der Waals surface area (Å²) in [6.45, 7) is 22.2. The van der Waals surface area contributed by atoms with Crippen molar-refractivity contribution in [3.8, 4) is 0 Å². The van der Waals surface area contributed by atoms with Crippen LogP contribution in [0.5, 0.6) is 0 Å². The van der Waals surface area contributed by atoms with Gasteiger partial charge in [-0.2, -0.15) is 0 Å². The predicted octanol–water partition coefficient (Wildman–Crippen LogP) is -11.6. The summed E-state index contributed by atoms with van der Waals surface area (Å²) in [6, 6.07) is -9.75. The van der Waals surface area contributed by atoms with Crippen molar-refractivity contribution in [1.82, 2.24) is 64.5 Å². The molecule has 13 rings (SSSR count). The van der Waals surface area contributed by atoms with Crippen LogP contribution in [0.2, 0.25) is 0 Å². The fourth-order valence-electron chi connectivity index (χ4n) is 22.2. The lowest BCUT2D eigenvalue weighted by atomic mass is 9.69. The zero-order valence-electron chi connectivity index (χ0n) is 78.8. The second-order valence-electron chi connectivity index (χ2n) is 39.6. The zero-order valence-corrected chi connectivity index (χ0v) is 78.8. The molecule has 23 atom stereocenters. The number of nitrogens with two attached hydrogens (primary N) is 5. The first kappa shape index (κ1) is 108. The lowest BCUT2D eigenvalue weighted by Gasteiger charge is -2.52. The first-order valence-corrected chi connectivity index (χ1v) is 44.6. The summed E-state index contributed by atoms with van der Waals surface area (Å²) in [5.41, 5.74) is 16.6. The maximum absolute atomic E-state index is 13.0. The van der Waals surface area contributed by atoms with E-state index in [1.54, 1.807) is 48.8 Å². The molecule has 7 unspecified atom stereocenters. The predicted molar refractivity (Wildman–Crippen MR) is 459 cm³/mol. The lowest BCUT2D eigenvalue weighted by molar-refractivity contribution is -0.186. The van der Waals surface area contributed by atoms with E-state index < -0.39 is 265 Å². The van der Waals surface area contributed by atoms with E-state index in [2.05, 4.69) is 10.6 Å². The highest BCUT2D eigenvalue weighted by molar-refractivity contribution is 6.30. The van der Waals surface area contributed by atoms with Crippen molar-refractivity contribution >= 4 is 135 Å². The minimum absolute atomic E-state index is 0.0197. The molecule has 13 fully saturated rings. The van der Waals surface area contributed by atoms with Crippen molar-refractivity contribution in [2.75, 3.05) is 73.5 Å². The molecule has 49 nitrogen and oxygen atoms in total. The molecule has 20 N–H and O–H groups in total. The number of imide groups is 3. The summed E-state index contributed by atoms with van der Waals surface area (Å²) in [5, 5.41) is 82.9. The number of β-lactam (4-membered cyclic amide) rings is 9. The number of Topliss-reactive ketones (excluding diaryl/α,β-unsaturated/α-hetero) is 5. The Morgan fingerprint density at radius 3 is 0.696 bits per heavy atom. The van der Waals surface area contributed by atoms with Gasteiger partial charge in [0.1, 0.15) is 59.4 Å². The quantitative estimate of drug-likeness (QED) is 0.0255. The number of hydrogen-bond acceptors (Lipinski definition) is 34. The molecule has 2 saturated carbocycles. The third kappa shape index (κ3) is 17.7. The van der Waals surface area contributed by atoms with Crippen LogP contribution in [0.25, 0.3) is 0 Å². The number of carbonyl (C=O) groups excluding carboxylic acids is 23. The van der Waals surface area contributed by atoms with Gasteiger partial charge in [-0.05, 0) is 123 Å². The molecular formula is C86H128N18O31. The van der Waals surface area contributed by atoms with E-state index in [0.29, 0.717) is 25.7 Å². The van der Waals surface area contributed by atoms with Crippen LogP contribution in [0.3, 0.4) is 0 Å². The van der Waals surface area contributed by atoms with Gasteiger partial charge in [0, 0.05) is 96.3 Å². The third-order valence-electron chi connectivity index (χ3n) is 29.1. The van der Waals surface area contributed by atoms with E-state index in [-0.39, 0.29) is 120 Å². The van der Waals surface area contributed by atoms with Crippen molar-refractivity contribution in [1.29, 1.82) is 0 Å². The molecular weight excluding hydrogens is 1780 g/mol. The standard InChI is InChI=1S/3C18H26N4O7.2C16H25N3O5/c3*1-8(23)11(9(2)24)22-15(28)18(16(22)29)5-17(6-20(18)4)7-21(14(17)27)12(10(3)25)13(19)26;2*1-8(2)15(24)19-7-10(6-16(19)5-4-11(16)21)14(23)18-12(9(3)20)13(17)22/h3*8,10-12,23,25H,5-7H2,1-4H3,(H2,19,26);2*8-10,12,20H,4-7H2,1-3H3,(H2,17,22)(H,18,23)/t3*8-,10-,11+,12+,17?;2*9-,10?,12+,16?/m11111/s1. The summed E-state index contributed by atoms with van der Waals surface area (Å²) in [6.07, 6.45) is -7.21. The molecule has 11 saturated heterocycles. The van der Waals surface area contributed by atoms with Gasteiger partial charge in [-0.15, -0.1) is 0 Å². The Morgan fingerprint density at radius 1 is 0.326 bits per heavy atom. The van der Waals surface area contributed by atoms with E-state index in [0.717, 1.165) is 14.7 Å². The molecule has 11 heterocycles. The Balaban J connectivity index is 0.000000190. The summed E-state index contributed by atoms with van der Waals surface area (Å²) in [4.78, 5) is 297. The Kier molecular flexibility index (Phi) is 30.7. The van der Waals surface area contributed by atoms with Crippen molar-refractivity contribution in [2.24, 2.45) is 68.6 Å². The Labute approximate surface area is 776 Å². The molecule has 748 valence electrons. The van der Waals surface area contributed by atoms with Gasteiger partial charge in [-0.3, -0.25) is 140 Å². The molecule has 0 aromatic rings. The summed E-state index contributed by atoms with van der Waals surface area (Å²) in [7, 11) is 4.63. The Hall–Kier alpha value is -11.0. The third-order valence-corrected chi connectivity index (χ3v) is 29.1. The number of nitrogens with zero attached hydrogens (tertiary/aromatic N) is 11. The molecule has 18 amide bonds. The average molecular weight is 1910 g/mol. The number of hydrogen-bond donors (Lipinski definition) is 15. The highest BCUT2D eigenvalue weighted by atomic mass is 16.3. The lowest BCUT2D eigenvalue weighted by Crippen LogP contribution is -2.79. The number of amides is 18. The Morgan fingerprint density at radius 2 is 0.548 bits per heavy atom. The number of rotatable bonds is 28. The topological polar surface area (TPSA) is 744 Å². The van der Waals surface area contributed by atoms with E-state index in [9.17, 15) is 151 Å². The van der Waals surface area contributed by atoms with Crippen LogP contribution in [-0.2, 0) is 110 Å². The van der Waals surface area contributed by atoms with Gasteiger partial charge >= 0.3 is 0 Å². The number of carbonyl (C=O) groups is 23. The van der Waals surface area contributed by atoms with Crippen LogP contribution in [-0.4, -0.2) is 428 Å². The summed E-state index contributed by atoms with van der Waals surface area (Å²) < 4.78 is 0. The number of primary amides is 5. The van der Waals surface area contributed by atoms with Crippen LogP contribution >= 0.6 is 0 Å². The molecule has 0 aromatic heterocycles. The minimum Gasteiger partial charge on any atom is -0.391 e. The summed E-state index contributed by atoms with van der Waals surface area (Å²) >= 11 is 0. The highest BCUT2D eigenvalue weighted by Crippen LogP contribution is 2.58. The molecule has 11 aliphatic heterocycles. The van der Waals surface area contributed by atoms with Gasteiger partial charge in [0.25, 0.3) is 35.4 Å². The van der Waals surface area contributed by atoms with Crippen molar-refractivity contribution in [3.05, 3.63) is 0 Å². The molecule has 0 bridgehead atoms. The molecule has 135 heavy (non-hydrogen) atoms. The van der Waals surface area contributed by atoms with Gasteiger partial charge in [-0.25, -0.2) is 0 Å². The van der Waals surface area contributed by atoms with E-state index >= 15 is 0 Å². The van der Waals surface area contributed by atoms with Crippen molar-refractivity contribution < 1.29 is 151 Å². The second kappa shape index (κ2) is 38.5. The van der Waals surface area contributed by atoms with E-state index in [1.807, 2.05) is 0 Å². The highest BCUT2D eigenvalue weighted by Gasteiger charge is 2.80. The number of nitrogens with one attached hydrogen (secondary N) is 2. The van der Waals surface area contributed by atoms with Crippen LogP contribution < -0.4 is 39.3 Å². The van der Waals surface area contributed by atoms with Gasteiger partial charge in [0.15, 0.2) is 45.5 Å². The normalized spacial score (nSPS) is 29.6. The molecule has 0 radical (unpaired) electrons. The summed E-state index contributed by atoms with van der Waals surface area (Å²) in [5.74, 6) is -13.9. The van der Waals surface area contributed by atoms with Gasteiger partial charge in [0.05, 0.1) is 76.9 Å². The van der Waals surface area contributed by atoms with Gasteiger partial charge in [0.2, 0.25) is 70.9 Å². The number of ketones is 5. The monoisotopic (exact) mass is 1910 g/mol. The van der Waals surface area contributed by atoms with Crippen molar-refractivity contribution in [3.63, 3.8) is 0 Å². The number of likely N-dealkylation sites (N-methyl/N-ethyl adjacent to an activating group) is 3. The van der Waals surface area contributed by atoms with E-state index in [4.69, 9.17) is 28.7 Å². The number of aliphatic hydroxyl groups is 8. The fourth-order valence-corrected chi connectivity index (χ4v) is 22.2. The second-order valence-corrected chi connectivity index (χ2v) is 39.6. The number of likely N-dealkylation sites (tertiary alicyclic amines) is 11. The van der Waals surface area contributed by atoms with Gasteiger partial charge in [-0.1, -0.05) is 27.7 Å². The zero-order chi connectivity index (χ0) is 103. The van der Waals surface area contributed by atoms with Crippen LogP contribution in [0.15, 0.2) is 0 Å². The Bertz CT molecular complexity index is 4490. The van der Waals surface area contributed by atoms with Crippen molar-refractivity contribution in [2.45, 2.75) is 287 Å². The van der Waals surface area contributed by atoms with Gasteiger partial charge < -0.3 is 105 Å². The fraction of sp³-hybridized carbons (Fsp3) is 0.733. The molecule has 49 heteroatoms. The van der Waals surface area contributed by atoms with Crippen LogP contribution in [0.1, 0.15) is 162 Å². The smallest absolute Gasteiger partial charge is 0.260 e. The average Bonchev–Trinajstić information content (AvgIpc) is 1.53.